The lowest BCUT2D eigenvalue weighted by Crippen LogP contribution is -2.29. The van der Waals surface area contributed by atoms with E-state index in [0.29, 0.717) is 18.2 Å². The van der Waals surface area contributed by atoms with Crippen molar-refractivity contribution in [1.82, 2.24) is 4.98 Å². The second-order valence-electron chi connectivity index (χ2n) is 6.14. The quantitative estimate of drug-likeness (QED) is 0.694. The molecule has 25 heavy (non-hydrogen) atoms. The van der Waals surface area contributed by atoms with Gasteiger partial charge in [0.2, 0.25) is 0 Å². The van der Waals surface area contributed by atoms with E-state index in [9.17, 15) is 4.79 Å². The minimum Gasteiger partial charge on any atom is -0.497 e. The first-order chi connectivity index (χ1) is 12.2. The van der Waals surface area contributed by atoms with Gasteiger partial charge in [-0.15, -0.1) is 11.3 Å². The largest absolute Gasteiger partial charge is 0.497 e. The molecule has 1 amide bonds. The molecule has 4 nitrogen and oxygen atoms in total. The number of ether oxygens (including phenoxy) is 1. The summed E-state index contributed by atoms with van der Waals surface area (Å²) in [4.78, 5) is 19.4. The number of benzene rings is 2. The number of para-hydroxylation sites is 1. The number of carbonyl (C=O) groups excluding carboxylic acids is 1. The van der Waals surface area contributed by atoms with Crippen LogP contribution >= 0.6 is 11.3 Å². The maximum atomic E-state index is 13.0. The molecule has 4 rings (SSSR count). The molecule has 2 aromatic carbocycles. The maximum absolute atomic E-state index is 13.0. The molecule has 0 radical (unpaired) electrons. The summed E-state index contributed by atoms with van der Waals surface area (Å²) in [6.45, 7) is 2.85. The molecule has 0 fully saturated rings. The number of hydrogen-bond donors (Lipinski definition) is 0. The predicted molar refractivity (Wildman–Crippen MR) is 101 cm³/mol. The Labute approximate surface area is 150 Å². The molecular weight excluding hydrogens is 332 g/mol. The minimum atomic E-state index is -0.0344. The number of amides is 1. The van der Waals surface area contributed by atoms with Crippen LogP contribution in [0.15, 0.2) is 53.9 Å². The average Bonchev–Trinajstić information content (AvgIpc) is 3.27. The molecule has 0 aliphatic carbocycles. The third-order valence-electron chi connectivity index (χ3n) is 4.52. The van der Waals surface area contributed by atoms with E-state index in [1.807, 2.05) is 52.7 Å². The fourth-order valence-corrected chi connectivity index (χ4v) is 3.99. The second kappa shape index (κ2) is 6.33. The first-order valence-corrected chi connectivity index (χ1v) is 9.06. The normalized spacial score (nSPS) is 15.9. The molecule has 1 atom stereocenters. The SMILES string of the molecule is COc1ccc(-c2nc(C(=O)N3C[C@@H](C)c4ccccc43)cs2)cc1. The van der Waals surface area contributed by atoms with Gasteiger partial charge in [-0.3, -0.25) is 4.79 Å². The Hall–Kier alpha value is -2.66. The highest BCUT2D eigenvalue weighted by molar-refractivity contribution is 7.13. The lowest BCUT2D eigenvalue weighted by molar-refractivity contribution is 0.0984. The third kappa shape index (κ3) is 2.81. The Bertz CT molecular complexity index is 917. The summed E-state index contributed by atoms with van der Waals surface area (Å²) in [7, 11) is 1.64. The Morgan fingerprint density at radius 3 is 2.72 bits per heavy atom. The molecular formula is C20H18N2O2S. The van der Waals surface area contributed by atoms with Crippen molar-refractivity contribution in [3.8, 4) is 16.3 Å². The molecule has 2 heterocycles. The molecule has 1 aliphatic rings. The number of carbonyl (C=O) groups is 1. The van der Waals surface area contributed by atoms with Crippen LogP contribution in [0.2, 0.25) is 0 Å². The van der Waals surface area contributed by atoms with Crippen LogP contribution in [0.1, 0.15) is 28.9 Å². The Morgan fingerprint density at radius 2 is 1.96 bits per heavy atom. The highest BCUT2D eigenvalue weighted by Crippen LogP contribution is 2.37. The van der Waals surface area contributed by atoms with Crippen LogP contribution in [0.25, 0.3) is 10.6 Å². The minimum absolute atomic E-state index is 0.0344. The van der Waals surface area contributed by atoms with Crippen LogP contribution in [0, 0.1) is 0 Å². The number of methoxy groups -OCH3 is 1. The van der Waals surface area contributed by atoms with Crippen LogP contribution < -0.4 is 9.64 Å². The van der Waals surface area contributed by atoms with Gasteiger partial charge < -0.3 is 9.64 Å². The van der Waals surface area contributed by atoms with E-state index in [1.54, 1.807) is 7.11 Å². The van der Waals surface area contributed by atoms with Crippen molar-refractivity contribution < 1.29 is 9.53 Å². The first kappa shape index (κ1) is 15.8. The maximum Gasteiger partial charge on any atom is 0.277 e. The summed E-state index contributed by atoms with van der Waals surface area (Å²) in [5.41, 5.74) is 3.71. The average molecular weight is 350 g/mol. The second-order valence-corrected chi connectivity index (χ2v) is 7.00. The smallest absolute Gasteiger partial charge is 0.277 e. The van der Waals surface area contributed by atoms with Gasteiger partial charge in [-0.1, -0.05) is 25.1 Å². The van der Waals surface area contributed by atoms with Gasteiger partial charge in [-0.2, -0.15) is 0 Å². The number of nitrogens with zero attached hydrogens (tertiary/aromatic N) is 2. The molecule has 1 aliphatic heterocycles. The van der Waals surface area contributed by atoms with Gasteiger partial charge in [0.05, 0.1) is 7.11 Å². The highest BCUT2D eigenvalue weighted by Gasteiger charge is 2.31. The number of fused-ring (bicyclic) bond motifs is 1. The van der Waals surface area contributed by atoms with E-state index in [1.165, 1.54) is 16.9 Å². The lowest BCUT2D eigenvalue weighted by atomic mass is 10.0. The van der Waals surface area contributed by atoms with Crippen molar-refractivity contribution in [3.05, 3.63) is 65.2 Å². The van der Waals surface area contributed by atoms with Crippen LogP contribution in [0.4, 0.5) is 5.69 Å². The van der Waals surface area contributed by atoms with E-state index >= 15 is 0 Å². The first-order valence-electron chi connectivity index (χ1n) is 8.18. The van der Waals surface area contributed by atoms with Gasteiger partial charge in [-0.25, -0.2) is 4.98 Å². The Balaban J connectivity index is 1.61. The van der Waals surface area contributed by atoms with Crippen molar-refractivity contribution in [2.75, 3.05) is 18.6 Å². The van der Waals surface area contributed by atoms with Gasteiger partial charge >= 0.3 is 0 Å². The van der Waals surface area contributed by atoms with Gasteiger partial charge in [0.15, 0.2) is 0 Å². The summed E-state index contributed by atoms with van der Waals surface area (Å²) in [6.07, 6.45) is 0. The Kier molecular flexibility index (Phi) is 4.01. The van der Waals surface area contributed by atoms with E-state index in [2.05, 4.69) is 18.0 Å². The highest BCUT2D eigenvalue weighted by atomic mass is 32.1. The standard InChI is InChI=1S/C20H18N2O2S/c1-13-11-22(18-6-4-3-5-16(13)18)20(23)17-12-25-19(21-17)14-7-9-15(24-2)10-8-14/h3-10,12-13H,11H2,1-2H3/t13-/m1/s1. The number of aromatic nitrogens is 1. The summed E-state index contributed by atoms with van der Waals surface area (Å²) in [5.74, 6) is 1.12. The lowest BCUT2D eigenvalue weighted by Gasteiger charge is -2.16. The number of anilines is 1. The van der Waals surface area contributed by atoms with Gasteiger partial charge in [0, 0.05) is 29.1 Å². The molecule has 0 bridgehead atoms. The summed E-state index contributed by atoms with van der Waals surface area (Å²) in [6, 6.07) is 15.8. The van der Waals surface area contributed by atoms with Gasteiger partial charge in [-0.05, 0) is 35.9 Å². The van der Waals surface area contributed by atoms with Crippen molar-refractivity contribution >= 4 is 22.9 Å². The summed E-state index contributed by atoms with van der Waals surface area (Å²) in [5, 5.41) is 2.68. The van der Waals surface area contributed by atoms with Crippen molar-refractivity contribution in [2.24, 2.45) is 0 Å². The summed E-state index contributed by atoms with van der Waals surface area (Å²) < 4.78 is 5.18. The molecule has 0 saturated heterocycles. The third-order valence-corrected chi connectivity index (χ3v) is 5.41. The van der Waals surface area contributed by atoms with Crippen LogP contribution in [0.5, 0.6) is 5.75 Å². The monoisotopic (exact) mass is 350 g/mol. The number of hydrogen-bond acceptors (Lipinski definition) is 4. The molecule has 1 aromatic heterocycles. The fourth-order valence-electron chi connectivity index (χ4n) is 3.19. The zero-order chi connectivity index (χ0) is 17.4. The number of rotatable bonds is 3. The Morgan fingerprint density at radius 1 is 1.20 bits per heavy atom. The molecule has 0 spiro atoms. The summed E-state index contributed by atoms with van der Waals surface area (Å²) >= 11 is 1.49. The van der Waals surface area contributed by atoms with E-state index in [4.69, 9.17) is 4.74 Å². The zero-order valence-electron chi connectivity index (χ0n) is 14.1. The molecule has 0 unspecified atom stereocenters. The zero-order valence-corrected chi connectivity index (χ0v) is 14.9. The van der Waals surface area contributed by atoms with Crippen molar-refractivity contribution in [1.29, 1.82) is 0 Å². The molecule has 0 saturated carbocycles. The van der Waals surface area contributed by atoms with Crippen molar-refractivity contribution in [3.63, 3.8) is 0 Å². The van der Waals surface area contributed by atoms with Crippen LogP contribution in [-0.4, -0.2) is 24.5 Å². The molecule has 3 aromatic rings. The van der Waals surface area contributed by atoms with Gasteiger partial charge in [0.1, 0.15) is 16.5 Å². The topological polar surface area (TPSA) is 42.4 Å². The van der Waals surface area contributed by atoms with Crippen LogP contribution in [0.3, 0.4) is 0 Å². The van der Waals surface area contributed by atoms with Gasteiger partial charge in [0.25, 0.3) is 5.91 Å². The van der Waals surface area contributed by atoms with E-state index < -0.39 is 0 Å². The molecule has 5 heteroatoms. The molecule has 126 valence electrons. The van der Waals surface area contributed by atoms with E-state index in [0.717, 1.165) is 22.0 Å². The predicted octanol–water partition coefficient (Wildman–Crippen LogP) is 4.58. The van der Waals surface area contributed by atoms with E-state index in [-0.39, 0.29) is 5.91 Å². The van der Waals surface area contributed by atoms with Crippen LogP contribution in [-0.2, 0) is 0 Å². The fraction of sp³-hybridized carbons (Fsp3) is 0.200. The number of thiazole rings is 1. The van der Waals surface area contributed by atoms with Crippen molar-refractivity contribution in [2.45, 2.75) is 12.8 Å². The molecule has 0 N–H and O–H groups in total.